The standard InChI is InChI=1S/C23H38O5/c1-5-6-15-22(2,3)20(25)14-13-18-17(19(24)16-23(18,4)28)11-9-7-8-10-12-21(26)27/h7,9,13-14,17-18,20,25,28H,5-6,8,10-12,15-16H2,1-4H3,(H,26,27)/b9-7-,14-13+/t17-,18?,20-,23-/m1/s1. The van der Waals surface area contributed by atoms with Crippen molar-refractivity contribution in [1.29, 1.82) is 0 Å². The van der Waals surface area contributed by atoms with Crippen molar-refractivity contribution in [2.45, 2.75) is 90.8 Å². The number of carbonyl (C=O) groups excluding carboxylic acids is 1. The second-order valence-corrected chi connectivity index (χ2v) is 9.05. The fraction of sp³-hybridized carbons (Fsp3) is 0.739. The molecule has 0 aromatic rings. The van der Waals surface area contributed by atoms with Gasteiger partial charge in [-0.05, 0) is 38.0 Å². The van der Waals surface area contributed by atoms with E-state index in [1.165, 1.54) is 0 Å². The van der Waals surface area contributed by atoms with Gasteiger partial charge in [0.2, 0.25) is 0 Å². The smallest absolute Gasteiger partial charge is 0.303 e. The number of unbranched alkanes of at least 4 members (excludes halogenated alkanes) is 2. The lowest BCUT2D eigenvalue weighted by atomic mass is 9.79. The molecule has 0 aromatic heterocycles. The summed E-state index contributed by atoms with van der Waals surface area (Å²) in [6.45, 7) is 7.88. The molecule has 1 fully saturated rings. The maximum Gasteiger partial charge on any atom is 0.303 e. The van der Waals surface area contributed by atoms with Gasteiger partial charge >= 0.3 is 5.97 Å². The number of Topliss-reactive ketones (excluding diaryl/α,β-unsaturated/α-hetero) is 1. The first-order chi connectivity index (χ1) is 13.0. The van der Waals surface area contributed by atoms with Gasteiger partial charge in [-0.25, -0.2) is 0 Å². The minimum absolute atomic E-state index is 0.0366. The second kappa shape index (κ2) is 10.9. The molecule has 5 nitrogen and oxygen atoms in total. The summed E-state index contributed by atoms with van der Waals surface area (Å²) in [6.07, 6.45) is 11.8. The molecule has 1 aliphatic rings. The van der Waals surface area contributed by atoms with E-state index in [-0.39, 0.29) is 35.9 Å². The Bertz CT molecular complexity index is 574. The number of allylic oxidation sites excluding steroid dienone is 2. The summed E-state index contributed by atoms with van der Waals surface area (Å²) in [5.74, 6) is -1.41. The Morgan fingerprint density at radius 2 is 2.00 bits per heavy atom. The highest BCUT2D eigenvalue weighted by molar-refractivity contribution is 5.85. The van der Waals surface area contributed by atoms with Gasteiger partial charge in [0.15, 0.2) is 0 Å². The maximum absolute atomic E-state index is 12.4. The molecule has 0 aliphatic heterocycles. The molecule has 4 atom stereocenters. The van der Waals surface area contributed by atoms with Crippen LogP contribution < -0.4 is 0 Å². The molecule has 0 heterocycles. The summed E-state index contributed by atoms with van der Waals surface area (Å²) in [5.41, 5.74) is -1.36. The largest absolute Gasteiger partial charge is 0.481 e. The average molecular weight is 395 g/mol. The topological polar surface area (TPSA) is 94.8 Å². The summed E-state index contributed by atoms with van der Waals surface area (Å²) in [5, 5.41) is 30.0. The molecule has 1 aliphatic carbocycles. The highest BCUT2D eigenvalue weighted by Gasteiger charge is 2.47. The van der Waals surface area contributed by atoms with Gasteiger partial charge in [0.25, 0.3) is 0 Å². The maximum atomic E-state index is 12.4. The van der Waals surface area contributed by atoms with Crippen molar-refractivity contribution in [3.05, 3.63) is 24.3 Å². The molecule has 1 unspecified atom stereocenters. The highest BCUT2D eigenvalue weighted by atomic mass is 16.4. The van der Waals surface area contributed by atoms with Gasteiger partial charge in [-0.1, -0.05) is 57.9 Å². The Hall–Kier alpha value is -1.46. The van der Waals surface area contributed by atoms with E-state index >= 15 is 0 Å². The Morgan fingerprint density at radius 1 is 1.32 bits per heavy atom. The van der Waals surface area contributed by atoms with E-state index in [2.05, 4.69) is 6.92 Å². The normalized spacial score (nSPS) is 27.1. The third kappa shape index (κ3) is 7.51. The van der Waals surface area contributed by atoms with E-state index in [0.717, 1.165) is 19.3 Å². The van der Waals surface area contributed by atoms with Crippen molar-refractivity contribution in [3.63, 3.8) is 0 Å². The fourth-order valence-electron chi connectivity index (χ4n) is 3.85. The van der Waals surface area contributed by atoms with E-state index in [0.29, 0.717) is 19.3 Å². The van der Waals surface area contributed by atoms with Crippen LogP contribution in [0.1, 0.15) is 79.1 Å². The SMILES string of the molecule is CCCCC(C)(C)[C@H](O)/C=C/C1[C@@H](C/C=C\CCCC(=O)O)C(=O)C[C@@]1(C)O. The zero-order chi connectivity index (χ0) is 21.4. The number of carboxylic acid groups (broad SMARTS) is 1. The third-order valence-electron chi connectivity index (χ3n) is 5.89. The molecule has 0 radical (unpaired) electrons. The van der Waals surface area contributed by atoms with Crippen molar-refractivity contribution in [3.8, 4) is 0 Å². The highest BCUT2D eigenvalue weighted by Crippen LogP contribution is 2.41. The molecule has 5 heteroatoms. The van der Waals surface area contributed by atoms with E-state index in [4.69, 9.17) is 5.11 Å². The zero-order valence-electron chi connectivity index (χ0n) is 17.9. The van der Waals surface area contributed by atoms with Crippen LogP contribution in [0.3, 0.4) is 0 Å². The average Bonchev–Trinajstić information content (AvgIpc) is 2.81. The summed E-state index contributed by atoms with van der Waals surface area (Å²) in [6, 6.07) is 0. The first-order valence-electron chi connectivity index (χ1n) is 10.5. The van der Waals surface area contributed by atoms with Crippen molar-refractivity contribution >= 4 is 11.8 Å². The third-order valence-corrected chi connectivity index (χ3v) is 5.89. The van der Waals surface area contributed by atoms with Gasteiger partial charge in [0.1, 0.15) is 5.78 Å². The Kier molecular flexibility index (Phi) is 9.58. The molecule has 28 heavy (non-hydrogen) atoms. The van der Waals surface area contributed by atoms with Gasteiger partial charge in [0, 0.05) is 24.7 Å². The first-order valence-corrected chi connectivity index (χ1v) is 10.5. The van der Waals surface area contributed by atoms with Crippen LogP contribution in [0, 0.1) is 17.3 Å². The predicted octanol–water partition coefficient (Wildman–Crippen LogP) is 4.28. The molecular formula is C23H38O5. The van der Waals surface area contributed by atoms with Gasteiger partial charge in [-0.15, -0.1) is 0 Å². The molecule has 0 saturated heterocycles. The molecule has 0 amide bonds. The number of ketones is 1. The van der Waals surface area contributed by atoms with Gasteiger partial charge in [-0.3, -0.25) is 9.59 Å². The number of aliphatic hydroxyl groups excluding tert-OH is 1. The number of hydrogen-bond donors (Lipinski definition) is 3. The number of hydrogen-bond acceptors (Lipinski definition) is 4. The fourth-order valence-corrected chi connectivity index (χ4v) is 3.85. The predicted molar refractivity (Wildman–Crippen MR) is 111 cm³/mol. The molecule has 3 N–H and O–H groups in total. The first kappa shape index (κ1) is 24.6. The quantitative estimate of drug-likeness (QED) is 0.339. The van der Waals surface area contributed by atoms with Crippen LogP contribution >= 0.6 is 0 Å². The van der Waals surface area contributed by atoms with Crippen LogP contribution in [-0.4, -0.2) is 38.8 Å². The van der Waals surface area contributed by atoms with Gasteiger partial charge < -0.3 is 15.3 Å². The Labute approximate surface area is 169 Å². The van der Waals surface area contributed by atoms with Crippen LogP contribution in [0.4, 0.5) is 0 Å². The van der Waals surface area contributed by atoms with E-state index in [9.17, 15) is 19.8 Å². The molecule has 0 bridgehead atoms. The van der Waals surface area contributed by atoms with Crippen molar-refractivity contribution in [1.82, 2.24) is 0 Å². The van der Waals surface area contributed by atoms with E-state index in [1.807, 2.05) is 32.1 Å². The number of carboxylic acids is 1. The summed E-state index contributed by atoms with van der Waals surface area (Å²) >= 11 is 0. The summed E-state index contributed by atoms with van der Waals surface area (Å²) in [4.78, 5) is 23.0. The van der Waals surface area contributed by atoms with Crippen LogP contribution in [-0.2, 0) is 9.59 Å². The van der Waals surface area contributed by atoms with E-state index in [1.54, 1.807) is 13.0 Å². The Morgan fingerprint density at radius 3 is 2.61 bits per heavy atom. The lowest BCUT2D eigenvalue weighted by Gasteiger charge is -2.30. The Balaban J connectivity index is 2.75. The number of carbonyl (C=O) groups is 2. The van der Waals surface area contributed by atoms with Gasteiger partial charge in [0.05, 0.1) is 11.7 Å². The van der Waals surface area contributed by atoms with Gasteiger partial charge in [-0.2, -0.15) is 0 Å². The van der Waals surface area contributed by atoms with Crippen LogP contribution in [0.15, 0.2) is 24.3 Å². The second-order valence-electron chi connectivity index (χ2n) is 9.05. The van der Waals surface area contributed by atoms with Crippen molar-refractivity contribution < 1.29 is 24.9 Å². The molecule has 1 rings (SSSR count). The van der Waals surface area contributed by atoms with Crippen molar-refractivity contribution in [2.24, 2.45) is 17.3 Å². The molecule has 160 valence electrons. The zero-order valence-corrected chi connectivity index (χ0v) is 17.9. The minimum atomic E-state index is -1.11. The minimum Gasteiger partial charge on any atom is -0.481 e. The lowest BCUT2D eigenvalue weighted by Crippen LogP contribution is -2.32. The molecule has 1 saturated carbocycles. The molecule has 0 spiro atoms. The molecule has 0 aromatic carbocycles. The van der Waals surface area contributed by atoms with Crippen LogP contribution in [0.2, 0.25) is 0 Å². The number of aliphatic hydroxyl groups is 2. The number of rotatable bonds is 12. The monoisotopic (exact) mass is 394 g/mol. The summed E-state index contributed by atoms with van der Waals surface area (Å²) in [7, 11) is 0. The lowest BCUT2D eigenvalue weighted by molar-refractivity contribution is -0.137. The van der Waals surface area contributed by atoms with Crippen LogP contribution in [0.25, 0.3) is 0 Å². The summed E-state index contributed by atoms with van der Waals surface area (Å²) < 4.78 is 0. The van der Waals surface area contributed by atoms with Crippen LogP contribution in [0.5, 0.6) is 0 Å². The number of aliphatic carboxylic acids is 1. The van der Waals surface area contributed by atoms with Crippen molar-refractivity contribution in [2.75, 3.05) is 0 Å². The van der Waals surface area contributed by atoms with E-state index < -0.39 is 17.7 Å². The molecular weight excluding hydrogens is 356 g/mol.